The number of hydrogen-bond acceptors (Lipinski definition) is 2. The highest BCUT2D eigenvalue weighted by Gasteiger charge is 2.07. The van der Waals surface area contributed by atoms with Crippen LogP contribution in [0.2, 0.25) is 0 Å². The highest BCUT2D eigenvalue weighted by molar-refractivity contribution is 5.21. The van der Waals surface area contributed by atoms with E-state index >= 15 is 0 Å². The fourth-order valence-electron chi connectivity index (χ4n) is 1.86. The average molecular weight is 241 g/mol. The fourth-order valence-corrected chi connectivity index (χ4v) is 1.86. The van der Waals surface area contributed by atoms with Gasteiger partial charge in [-0.25, -0.2) is 0 Å². The van der Waals surface area contributed by atoms with E-state index in [1.807, 2.05) is 43.4 Å². The Morgan fingerprint density at radius 3 is 2.17 bits per heavy atom. The third kappa shape index (κ3) is 3.90. The van der Waals surface area contributed by atoms with Gasteiger partial charge in [0.25, 0.3) is 0 Å². The minimum atomic E-state index is 0.326. The van der Waals surface area contributed by atoms with Crippen molar-refractivity contribution >= 4 is 0 Å². The number of ether oxygens (including phenoxy) is 1. The molecule has 0 amide bonds. The van der Waals surface area contributed by atoms with Crippen molar-refractivity contribution in [3.63, 3.8) is 0 Å². The Hall–Kier alpha value is -1.80. The zero-order chi connectivity index (χ0) is 12.6. The average Bonchev–Trinajstić information content (AvgIpc) is 2.45. The molecule has 2 nitrogen and oxygen atoms in total. The number of rotatable bonds is 6. The van der Waals surface area contributed by atoms with Gasteiger partial charge in [-0.3, -0.25) is 0 Å². The maximum absolute atomic E-state index is 5.77. The molecule has 0 radical (unpaired) electrons. The molecule has 94 valence electrons. The van der Waals surface area contributed by atoms with Crippen LogP contribution in [0.3, 0.4) is 0 Å². The van der Waals surface area contributed by atoms with E-state index < -0.39 is 0 Å². The lowest BCUT2D eigenvalue weighted by Gasteiger charge is -2.17. The molecule has 0 saturated heterocycles. The van der Waals surface area contributed by atoms with E-state index in [9.17, 15) is 0 Å². The summed E-state index contributed by atoms with van der Waals surface area (Å²) in [5.41, 5.74) is 1.33. The van der Waals surface area contributed by atoms with E-state index in [0.29, 0.717) is 12.6 Å². The molecule has 2 rings (SSSR count). The van der Waals surface area contributed by atoms with Gasteiger partial charge in [0.05, 0.1) is 0 Å². The minimum Gasteiger partial charge on any atom is -0.492 e. The Morgan fingerprint density at radius 2 is 1.56 bits per heavy atom. The van der Waals surface area contributed by atoms with Crippen LogP contribution >= 0.6 is 0 Å². The Balaban J connectivity index is 1.86. The van der Waals surface area contributed by atoms with Gasteiger partial charge in [-0.05, 0) is 31.2 Å². The summed E-state index contributed by atoms with van der Waals surface area (Å²) in [6.07, 6.45) is 0.976. The molecule has 0 heterocycles. The van der Waals surface area contributed by atoms with Crippen LogP contribution in [0.4, 0.5) is 0 Å². The van der Waals surface area contributed by atoms with Crippen LogP contribution in [0, 0.1) is 0 Å². The molecule has 2 aromatic rings. The predicted octanol–water partition coefficient (Wildman–Crippen LogP) is 2.90. The lowest BCUT2D eigenvalue weighted by Crippen LogP contribution is -2.33. The van der Waals surface area contributed by atoms with Crippen LogP contribution < -0.4 is 10.1 Å². The number of para-hydroxylation sites is 1. The van der Waals surface area contributed by atoms with Gasteiger partial charge in [0, 0.05) is 6.04 Å². The third-order valence-corrected chi connectivity index (χ3v) is 2.93. The van der Waals surface area contributed by atoms with Crippen molar-refractivity contribution in [2.45, 2.75) is 12.5 Å². The Kier molecular flexibility index (Phi) is 4.79. The van der Waals surface area contributed by atoms with Crippen molar-refractivity contribution in [1.82, 2.24) is 5.32 Å². The summed E-state index contributed by atoms with van der Waals surface area (Å²) < 4.78 is 5.77. The molecule has 0 bridgehead atoms. The van der Waals surface area contributed by atoms with Crippen molar-refractivity contribution in [2.75, 3.05) is 13.7 Å². The summed E-state index contributed by atoms with van der Waals surface area (Å²) in [4.78, 5) is 0. The Morgan fingerprint density at radius 1 is 0.944 bits per heavy atom. The molecule has 2 aromatic carbocycles. The first kappa shape index (κ1) is 12.7. The number of likely N-dealkylation sites (N-methyl/N-ethyl adjacent to an activating group) is 1. The van der Waals surface area contributed by atoms with Crippen molar-refractivity contribution in [1.29, 1.82) is 0 Å². The second-order valence-electron chi connectivity index (χ2n) is 4.30. The molecule has 2 heteroatoms. The second-order valence-corrected chi connectivity index (χ2v) is 4.30. The summed E-state index contributed by atoms with van der Waals surface area (Å²) in [6.45, 7) is 0.676. The van der Waals surface area contributed by atoms with Crippen LogP contribution in [-0.2, 0) is 6.42 Å². The molecule has 0 spiro atoms. The van der Waals surface area contributed by atoms with Gasteiger partial charge in [-0.15, -0.1) is 0 Å². The normalized spacial score (nSPS) is 12.1. The largest absolute Gasteiger partial charge is 0.492 e. The van der Waals surface area contributed by atoms with Gasteiger partial charge in [0.15, 0.2) is 0 Å². The van der Waals surface area contributed by atoms with Gasteiger partial charge in [0.2, 0.25) is 0 Å². The molecule has 0 aliphatic heterocycles. The summed E-state index contributed by atoms with van der Waals surface area (Å²) >= 11 is 0. The van der Waals surface area contributed by atoms with Gasteiger partial charge in [-0.2, -0.15) is 0 Å². The predicted molar refractivity (Wildman–Crippen MR) is 74.9 cm³/mol. The van der Waals surface area contributed by atoms with E-state index in [-0.39, 0.29) is 0 Å². The molecule has 0 fully saturated rings. The van der Waals surface area contributed by atoms with E-state index in [2.05, 4.69) is 29.6 Å². The molecular weight excluding hydrogens is 222 g/mol. The van der Waals surface area contributed by atoms with E-state index in [1.165, 1.54) is 5.56 Å². The third-order valence-electron chi connectivity index (χ3n) is 2.93. The fraction of sp³-hybridized carbons (Fsp3) is 0.250. The SMILES string of the molecule is CNC(COc1ccccc1)Cc1ccccc1. The highest BCUT2D eigenvalue weighted by atomic mass is 16.5. The molecule has 0 aliphatic rings. The molecule has 1 unspecified atom stereocenters. The van der Waals surface area contributed by atoms with Crippen LogP contribution in [-0.4, -0.2) is 19.7 Å². The lowest BCUT2D eigenvalue weighted by atomic mass is 10.1. The van der Waals surface area contributed by atoms with Crippen molar-refractivity contribution < 1.29 is 4.74 Å². The smallest absolute Gasteiger partial charge is 0.119 e. The number of benzene rings is 2. The quantitative estimate of drug-likeness (QED) is 0.839. The molecule has 18 heavy (non-hydrogen) atoms. The van der Waals surface area contributed by atoms with E-state index in [1.54, 1.807) is 0 Å². The van der Waals surface area contributed by atoms with Crippen LogP contribution in [0.5, 0.6) is 5.75 Å². The molecule has 1 atom stereocenters. The van der Waals surface area contributed by atoms with Crippen molar-refractivity contribution in [3.8, 4) is 5.75 Å². The first-order valence-electron chi connectivity index (χ1n) is 6.27. The maximum atomic E-state index is 5.77. The van der Waals surface area contributed by atoms with Gasteiger partial charge < -0.3 is 10.1 Å². The first-order chi connectivity index (χ1) is 8.88. The number of nitrogens with one attached hydrogen (secondary N) is 1. The lowest BCUT2D eigenvalue weighted by molar-refractivity contribution is 0.270. The Labute approximate surface area is 109 Å². The minimum absolute atomic E-state index is 0.326. The number of hydrogen-bond donors (Lipinski definition) is 1. The summed E-state index contributed by atoms with van der Waals surface area (Å²) in [5, 5.41) is 3.30. The highest BCUT2D eigenvalue weighted by Crippen LogP contribution is 2.10. The van der Waals surface area contributed by atoms with E-state index in [0.717, 1.165) is 12.2 Å². The van der Waals surface area contributed by atoms with Crippen LogP contribution in [0.1, 0.15) is 5.56 Å². The van der Waals surface area contributed by atoms with Crippen molar-refractivity contribution in [2.24, 2.45) is 0 Å². The van der Waals surface area contributed by atoms with Gasteiger partial charge in [-0.1, -0.05) is 48.5 Å². The standard InChI is InChI=1S/C16H19NO/c1-17-15(12-14-8-4-2-5-9-14)13-18-16-10-6-3-7-11-16/h2-11,15,17H,12-13H2,1H3. The second kappa shape index (κ2) is 6.82. The van der Waals surface area contributed by atoms with Crippen molar-refractivity contribution in [3.05, 3.63) is 66.2 Å². The van der Waals surface area contributed by atoms with Crippen LogP contribution in [0.25, 0.3) is 0 Å². The summed E-state index contributed by atoms with van der Waals surface area (Å²) in [7, 11) is 1.97. The molecular formula is C16H19NO. The van der Waals surface area contributed by atoms with Gasteiger partial charge >= 0.3 is 0 Å². The molecule has 0 saturated carbocycles. The zero-order valence-electron chi connectivity index (χ0n) is 10.7. The van der Waals surface area contributed by atoms with E-state index in [4.69, 9.17) is 4.74 Å². The summed E-state index contributed by atoms with van der Waals surface area (Å²) in [5.74, 6) is 0.922. The molecule has 0 aromatic heterocycles. The Bertz CT molecular complexity index is 441. The topological polar surface area (TPSA) is 21.3 Å². The molecule has 0 aliphatic carbocycles. The summed E-state index contributed by atoms with van der Waals surface area (Å²) in [6, 6.07) is 20.7. The van der Waals surface area contributed by atoms with Gasteiger partial charge in [0.1, 0.15) is 12.4 Å². The van der Waals surface area contributed by atoms with Crippen LogP contribution in [0.15, 0.2) is 60.7 Å². The monoisotopic (exact) mass is 241 g/mol. The molecule has 1 N–H and O–H groups in total. The first-order valence-corrected chi connectivity index (χ1v) is 6.27. The zero-order valence-corrected chi connectivity index (χ0v) is 10.7. The maximum Gasteiger partial charge on any atom is 0.119 e.